The Bertz CT molecular complexity index is 498. The third kappa shape index (κ3) is 15.3. The first-order chi connectivity index (χ1) is 11.5. The van der Waals surface area contributed by atoms with Gasteiger partial charge in [-0.25, -0.2) is 0 Å². The predicted octanol–water partition coefficient (Wildman–Crippen LogP) is 7.28. The van der Waals surface area contributed by atoms with E-state index in [2.05, 4.69) is 52.0 Å². The molecule has 0 fully saturated rings. The van der Waals surface area contributed by atoms with Crippen LogP contribution in [-0.4, -0.2) is 5.78 Å². The van der Waals surface area contributed by atoms with Crippen LogP contribution < -0.4 is 0 Å². The molecule has 0 aliphatic rings. The molecule has 0 spiro atoms. The minimum atomic E-state index is 0.0968. The van der Waals surface area contributed by atoms with Gasteiger partial charge in [-0.15, -0.1) is 0 Å². The number of carbonyl (C=O) groups is 1. The minimum absolute atomic E-state index is 0.0968. The molecular formula is C23H36O. The van der Waals surface area contributed by atoms with Crippen LogP contribution in [0, 0.1) is 0 Å². The molecule has 24 heavy (non-hydrogen) atoms. The summed E-state index contributed by atoms with van der Waals surface area (Å²) < 4.78 is 0. The second-order valence-corrected chi connectivity index (χ2v) is 6.58. The first-order valence-corrected chi connectivity index (χ1v) is 9.26. The molecule has 0 aliphatic heterocycles. The molecule has 0 aliphatic carbocycles. The van der Waals surface area contributed by atoms with Gasteiger partial charge in [-0.3, -0.25) is 4.79 Å². The van der Waals surface area contributed by atoms with Crippen LogP contribution in [0.3, 0.4) is 0 Å². The van der Waals surface area contributed by atoms with Gasteiger partial charge in [-0.1, -0.05) is 60.1 Å². The Morgan fingerprint density at radius 3 is 1.83 bits per heavy atom. The molecular weight excluding hydrogens is 292 g/mol. The van der Waals surface area contributed by atoms with Crippen LogP contribution in [-0.2, 0) is 4.79 Å². The summed E-state index contributed by atoms with van der Waals surface area (Å²) in [6.45, 7) is 10.3. The monoisotopic (exact) mass is 328 g/mol. The zero-order valence-electron chi connectivity index (χ0n) is 16.4. The van der Waals surface area contributed by atoms with Crippen LogP contribution in [0.15, 0.2) is 59.3 Å². The van der Waals surface area contributed by atoms with Crippen molar-refractivity contribution in [3.8, 4) is 0 Å². The molecule has 0 aromatic heterocycles. The van der Waals surface area contributed by atoms with Crippen molar-refractivity contribution in [2.45, 2.75) is 79.6 Å². The van der Waals surface area contributed by atoms with Gasteiger partial charge < -0.3 is 0 Å². The Balaban J connectivity index is 4.02. The minimum Gasteiger partial charge on any atom is -0.295 e. The van der Waals surface area contributed by atoms with E-state index in [0.717, 1.165) is 38.5 Å². The molecule has 0 amide bonds. The van der Waals surface area contributed by atoms with Crippen molar-refractivity contribution in [3.05, 3.63) is 59.3 Å². The SMILES string of the molecule is CCC=CCCC(C)=CCCC(C)=CCCC(C)=CC=CC(C)=O. The normalized spacial score (nSPS) is 14.1. The van der Waals surface area contributed by atoms with E-state index in [9.17, 15) is 4.79 Å². The van der Waals surface area contributed by atoms with Crippen molar-refractivity contribution in [2.24, 2.45) is 0 Å². The van der Waals surface area contributed by atoms with E-state index in [1.165, 1.54) is 23.1 Å². The maximum Gasteiger partial charge on any atom is 0.152 e. The van der Waals surface area contributed by atoms with Gasteiger partial charge in [0.25, 0.3) is 0 Å². The van der Waals surface area contributed by atoms with Gasteiger partial charge in [0.2, 0.25) is 0 Å². The van der Waals surface area contributed by atoms with Crippen molar-refractivity contribution in [3.63, 3.8) is 0 Å². The average molecular weight is 329 g/mol. The van der Waals surface area contributed by atoms with Crippen molar-refractivity contribution in [2.75, 3.05) is 0 Å². The van der Waals surface area contributed by atoms with Crippen molar-refractivity contribution in [1.82, 2.24) is 0 Å². The molecule has 0 aromatic carbocycles. The fourth-order valence-electron chi connectivity index (χ4n) is 2.32. The van der Waals surface area contributed by atoms with E-state index in [1.54, 1.807) is 13.0 Å². The summed E-state index contributed by atoms with van der Waals surface area (Å²) in [6, 6.07) is 0. The second kappa shape index (κ2) is 14.9. The Morgan fingerprint density at radius 2 is 1.29 bits per heavy atom. The van der Waals surface area contributed by atoms with Gasteiger partial charge in [0.05, 0.1) is 0 Å². The summed E-state index contributed by atoms with van der Waals surface area (Å²) >= 11 is 0. The smallest absolute Gasteiger partial charge is 0.152 e. The third-order valence-corrected chi connectivity index (χ3v) is 3.88. The quantitative estimate of drug-likeness (QED) is 0.209. The van der Waals surface area contributed by atoms with Gasteiger partial charge in [0.15, 0.2) is 5.78 Å². The predicted molar refractivity (Wildman–Crippen MR) is 108 cm³/mol. The number of carbonyl (C=O) groups excluding carboxylic acids is 1. The molecule has 0 saturated carbocycles. The molecule has 134 valence electrons. The van der Waals surface area contributed by atoms with E-state index in [4.69, 9.17) is 0 Å². The summed E-state index contributed by atoms with van der Waals surface area (Å²) in [6.07, 6.45) is 22.6. The van der Waals surface area contributed by atoms with Gasteiger partial charge in [-0.2, -0.15) is 0 Å². The number of allylic oxidation sites excluding steroid dienone is 10. The van der Waals surface area contributed by atoms with Crippen LogP contribution in [0.1, 0.15) is 79.6 Å². The number of ketones is 1. The molecule has 0 heterocycles. The lowest BCUT2D eigenvalue weighted by Crippen LogP contribution is -1.82. The molecule has 1 nitrogen and oxygen atoms in total. The maximum absolute atomic E-state index is 10.8. The van der Waals surface area contributed by atoms with Gasteiger partial charge in [-0.05, 0) is 78.7 Å². The Labute approximate surface area is 149 Å². The Kier molecular flexibility index (Phi) is 13.9. The van der Waals surface area contributed by atoms with E-state index in [-0.39, 0.29) is 5.78 Å². The molecule has 0 rings (SSSR count). The first-order valence-electron chi connectivity index (χ1n) is 9.26. The lowest BCUT2D eigenvalue weighted by Gasteiger charge is -2.02. The van der Waals surface area contributed by atoms with Gasteiger partial charge >= 0.3 is 0 Å². The second-order valence-electron chi connectivity index (χ2n) is 6.58. The van der Waals surface area contributed by atoms with Crippen LogP contribution in [0.2, 0.25) is 0 Å². The molecule has 1 heteroatoms. The highest BCUT2D eigenvalue weighted by atomic mass is 16.1. The van der Waals surface area contributed by atoms with Gasteiger partial charge in [0, 0.05) is 0 Å². The molecule has 0 atom stereocenters. The zero-order chi connectivity index (χ0) is 18.2. The van der Waals surface area contributed by atoms with E-state index >= 15 is 0 Å². The van der Waals surface area contributed by atoms with E-state index < -0.39 is 0 Å². The van der Waals surface area contributed by atoms with Crippen molar-refractivity contribution < 1.29 is 4.79 Å². The molecule has 0 bridgehead atoms. The Morgan fingerprint density at radius 1 is 0.750 bits per heavy atom. The highest BCUT2D eigenvalue weighted by Crippen LogP contribution is 2.13. The highest BCUT2D eigenvalue weighted by Gasteiger charge is 1.93. The summed E-state index contributed by atoms with van der Waals surface area (Å²) in [5.74, 6) is 0.0968. The van der Waals surface area contributed by atoms with Crippen LogP contribution in [0.5, 0.6) is 0 Å². The third-order valence-electron chi connectivity index (χ3n) is 3.88. The molecule has 0 saturated heterocycles. The zero-order valence-corrected chi connectivity index (χ0v) is 16.4. The molecule has 0 N–H and O–H groups in total. The number of hydrogen-bond acceptors (Lipinski definition) is 1. The first kappa shape index (κ1) is 22.4. The fraction of sp³-hybridized carbons (Fsp3) is 0.522. The average Bonchev–Trinajstić information content (AvgIpc) is 2.51. The molecule has 0 radical (unpaired) electrons. The van der Waals surface area contributed by atoms with Crippen LogP contribution in [0.4, 0.5) is 0 Å². The summed E-state index contributed by atoms with van der Waals surface area (Å²) in [5.41, 5.74) is 4.28. The standard InChI is InChI=1S/C23H36O/c1-6-7-8-9-13-20(2)14-10-15-21(3)16-11-17-22(4)18-12-19-23(5)24/h7-8,12,14,16,18-19H,6,9-11,13,15,17H2,1-5H3. The maximum atomic E-state index is 10.8. The fourth-order valence-corrected chi connectivity index (χ4v) is 2.32. The number of rotatable bonds is 12. The highest BCUT2D eigenvalue weighted by molar-refractivity contribution is 5.87. The number of hydrogen-bond donors (Lipinski definition) is 0. The van der Waals surface area contributed by atoms with Gasteiger partial charge in [0.1, 0.15) is 0 Å². The molecule has 0 aromatic rings. The summed E-state index contributed by atoms with van der Waals surface area (Å²) in [7, 11) is 0. The lowest BCUT2D eigenvalue weighted by atomic mass is 10.0. The van der Waals surface area contributed by atoms with Crippen LogP contribution >= 0.6 is 0 Å². The van der Waals surface area contributed by atoms with E-state index in [0.29, 0.717) is 0 Å². The topological polar surface area (TPSA) is 17.1 Å². The molecule has 0 unspecified atom stereocenters. The lowest BCUT2D eigenvalue weighted by molar-refractivity contribution is -0.112. The largest absolute Gasteiger partial charge is 0.295 e. The van der Waals surface area contributed by atoms with Crippen LogP contribution in [0.25, 0.3) is 0 Å². The van der Waals surface area contributed by atoms with Crippen molar-refractivity contribution >= 4 is 5.78 Å². The summed E-state index contributed by atoms with van der Waals surface area (Å²) in [5, 5.41) is 0. The van der Waals surface area contributed by atoms with Crippen molar-refractivity contribution in [1.29, 1.82) is 0 Å². The van der Waals surface area contributed by atoms with E-state index in [1.807, 2.05) is 12.2 Å². The Hall–Kier alpha value is -1.63. The summed E-state index contributed by atoms with van der Waals surface area (Å²) in [4.78, 5) is 10.8.